The zero-order valence-electron chi connectivity index (χ0n) is 11.6. The van der Waals surface area contributed by atoms with Crippen molar-refractivity contribution in [3.05, 3.63) is 29.0 Å². The first-order valence-electron chi connectivity index (χ1n) is 6.98. The van der Waals surface area contributed by atoms with Crippen LogP contribution in [0.2, 0.25) is 5.02 Å². The zero-order chi connectivity index (χ0) is 14.5. The quantitative estimate of drug-likeness (QED) is 0.852. The molecule has 0 bridgehead atoms. The van der Waals surface area contributed by atoms with Gasteiger partial charge in [-0.3, -0.25) is 4.79 Å². The van der Waals surface area contributed by atoms with Crippen LogP contribution in [0.3, 0.4) is 0 Å². The van der Waals surface area contributed by atoms with Gasteiger partial charge in [0.25, 0.3) is 5.91 Å². The van der Waals surface area contributed by atoms with Crippen molar-refractivity contribution in [3.63, 3.8) is 0 Å². The predicted octanol–water partition coefficient (Wildman–Crippen LogP) is 3.65. The summed E-state index contributed by atoms with van der Waals surface area (Å²) < 4.78 is 18.6. The Kier molecular flexibility index (Phi) is 5.24. The summed E-state index contributed by atoms with van der Waals surface area (Å²) in [5, 5.41) is -0.00285. The van der Waals surface area contributed by atoms with Crippen molar-refractivity contribution in [2.24, 2.45) is 0 Å². The Morgan fingerprint density at radius 2 is 1.95 bits per heavy atom. The van der Waals surface area contributed by atoms with E-state index in [1.54, 1.807) is 6.92 Å². The standard InChI is InChI=1S/C15H19ClFNO2/c1-11(15(19)18-8-4-2-3-5-9-18)20-12-6-7-14(17)13(16)10-12/h6-7,10-11H,2-5,8-9H2,1H3. The lowest BCUT2D eigenvalue weighted by atomic mass is 10.2. The van der Waals surface area contributed by atoms with E-state index in [-0.39, 0.29) is 10.9 Å². The average Bonchev–Trinajstić information content (AvgIpc) is 2.71. The van der Waals surface area contributed by atoms with Crippen LogP contribution in [0.5, 0.6) is 5.75 Å². The van der Waals surface area contributed by atoms with E-state index in [0.29, 0.717) is 5.75 Å². The number of hydrogen-bond acceptors (Lipinski definition) is 2. The van der Waals surface area contributed by atoms with Crippen LogP contribution in [-0.4, -0.2) is 30.0 Å². The van der Waals surface area contributed by atoms with E-state index in [9.17, 15) is 9.18 Å². The number of carbonyl (C=O) groups excluding carboxylic acids is 1. The van der Waals surface area contributed by atoms with Crippen LogP contribution in [-0.2, 0) is 4.79 Å². The van der Waals surface area contributed by atoms with Gasteiger partial charge in [0.2, 0.25) is 0 Å². The third kappa shape index (κ3) is 3.85. The Bertz CT molecular complexity index is 473. The molecule has 0 spiro atoms. The van der Waals surface area contributed by atoms with Crippen molar-refractivity contribution in [2.45, 2.75) is 38.7 Å². The van der Waals surface area contributed by atoms with Gasteiger partial charge < -0.3 is 9.64 Å². The van der Waals surface area contributed by atoms with Gasteiger partial charge in [-0.15, -0.1) is 0 Å². The normalized spacial score (nSPS) is 17.4. The molecule has 1 aromatic carbocycles. The fraction of sp³-hybridized carbons (Fsp3) is 0.533. The molecule has 20 heavy (non-hydrogen) atoms. The number of rotatable bonds is 3. The largest absolute Gasteiger partial charge is 0.481 e. The highest BCUT2D eigenvalue weighted by Crippen LogP contribution is 2.22. The Morgan fingerprint density at radius 1 is 1.30 bits per heavy atom. The molecule has 110 valence electrons. The van der Waals surface area contributed by atoms with Crippen molar-refractivity contribution in [3.8, 4) is 5.75 Å². The van der Waals surface area contributed by atoms with Crippen LogP contribution < -0.4 is 4.74 Å². The number of halogens is 2. The zero-order valence-corrected chi connectivity index (χ0v) is 12.3. The van der Waals surface area contributed by atoms with Crippen molar-refractivity contribution in [2.75, 3.05) is 13.1 Å². The molecule has 0 N–H and O–H groups in total. The molecular formula is C15H19ClFNO2. The SMILES string of the molecule is CC(Oc1ccc(F)c(Cl)c1)C(=O)N1CCCCCC1. The maximum Gasteiger partial charge on any atom is 0.263 e. The minimum atomic E-state index is -0.588. The summed E-state index contributed by atoms with van der Waals surface area (Å²) in [6.07, 6.45) is 3.84. The first-order chi connectivity index (χ1) is 9.58. The number of nitrogens with zero attached hydrogens (tertiary/aromatic N) is 1. The molecule has 1 aliphatic heterocycles. The molecule has 1 saturated heterocycles. The van der Waals surface area contributed by atoms with Crippen LogP contribution in [0, 0.1) is 5.82 Å². The minimum Gasteiger partial charge on any atom is -0.481 e. The second-order valence-corrected chi connectivity index (χ2v) is 5.48. The molecule has 1 fully saturated rings. The van der Waals surface area contributed by atoms with E-state index in [4.69, 9.17) is 16.3 Å². The van der Waals surface area contributed by atoms with Gasteiger partial charge in [-0.25, -0.2) is 4.39 Å². The summed E-state index contributed by atoms with van der Waals surface area (Å²) in [6, 6.07) is 4.11. The smallest absolute Gasteiger partial charge is 0.263 e. The van der Waals surface area contributed by atoms with Gasteiger partial charge in [-0.05, 0) is 31.9 Å². The molecule has 0 radical (unpaired) electrons. The summed E-state index contributed by atoms with van der Waals surface area (Å²) in [5.41, 5.74) is 0. The topological polar surface area (TPSA) is 29.5 Å². The van der Waals surface area contributed by atoms with E-state index < -0.39 is 11.9 Å². The summed E-state index contributed by atoms with van der Waals surface area (Å²) in [7, 11) is 0. The van der Waals surface area contributed by atoms with E-state index in [0.717, 1.165) is 25.9 Å². The van der Waals surface area contributed by atoms with Crippen LogP contribution in [0.1, 0.15) is 32.6 Å². The highest BCUT2D eigenvalue weighted by Gasteiger charge is 2.22. The van der Waals surface area contributed by atoms with Crippen LogP contribution >= 0.6 is 11.6 Å². The van der Waals surface area contributed by atoms with Crippen molar-refractivity contribution >= 4 is 17.5 Å². The van der Waals surface area contributed by atoms with Gasteiger partial charge >= 0.3 is 0 Å². The Labute approximate surface area is 123 Å². The van der Waals surface area contributed by atoms with E-state index in [2.05, 4.69) is 0 Å². The average molecular weight is 300 g/mol. The van der Waals surface area contributed by atoms with E-state index in [1.807, 2.05) is 4.90 Å². The summed E-state index contributed by atoms with van der Waals surface area (Å²) >= 11 is 5.70. The van der Waals surface area contributed by atoms with Gasteiger partial charge in [0.1, 0.15) is 11.6 Å². The van der Waals surface area contributed by atoms with Gasteiger partial charge in [-0.2, -0.15) is 0 Å². The molecule has 1 atom stereocenters. The molecular weight excluding hydrogens is 281 g/mol. The third-order valence-electron chi connectivity index (χ3n) is 3.47. The minimum absolute atomic E-state index is 0.00285. The van der Waals surface area contributed by atoms with Gasteiger partial charge in [0.15, 0.2) is 6.10 Å². The van der Waals surface area contributed by atoms with E-state index >= 15 is 0 Å². The number of amides is 1. The number of likely N-dealkylation sites (tertiary alicyclic amines) is 1. The fourth-order valence-electron chi connectivity index (χ4n) is 2.35. The third-order valence-corrected chi connectivity index (χ3v) is 3.76. The second-order valence-electron chi connectivity index (χ2n) is 5.08. The fourth-order valence-corrected chi connectivity index (χ4v) is 2.52. The van der Waals surface area contributed by atoms with Gasteiger partial charge in [0.05, 0.1) is 5.02 Å². The molecule has 1 aromatic rings. The maximum absolute atomic E-state index is 13.1. The summed E-state index contributed by atoms with van der Waals surface area (Å²) in [4.78, 5) is 14.2. The Hall–Kier alpha value is -1.29. The Morgan fingerprint density at radius 3 is 2.55 bits per heavy atom. The molecule has 1 amide bonds. The van der Waals surface area contributed by atoms with Crippen molar-refractivity contribution in [1.82, 2.24) is 4.90 Å². The maximum atomic E-state index is 13.1. The molecule has 1 aliphatic rings. The molecule has 0 saturated carbocycles. The summed E-state index contributed by atoms with van der Waals surface area (Å²) in [6.45, 7) is 3.29. The van der Waals surface area contributed by atoms with Crippen LogP contribution in [0.4, 0.5) is 4.39 Å². The highest BCUT2D eigenvalue weighted by molar-refractivity contribution is 6.30. The number of ether oxygens (including phenoxy) is 1. The van der Waals surface area contributed by atoms with E-state index in [1.165, 1.54) is 31.0 Å². The lowest BCUT2D eigenvalue weighted by molar-refractivity contribution is -0.137. The molecule has 0 aliphatic carbocycles. The predicted molar refractivity (Wildman–Crippen MR) is 76.5 cm³/mol. The first kappa shape index (κ1) is 15.1. The lowest BCUT2D eigenvalue weighted by Gasteiger charge is -2.24. The monoisotopic (exact) mass is 299 g/mol. The molecule has 3 nitrogen and oxygen atoms in total. The first-order valence-corrected chi connectivity index (χ1v) is 7.36. The number of hydrogen-bond donors (Lipinski definition) is 0. The number of benzene rings is 1. The lowest BCUT2D eigenvalue weighted by Crippen LogP contribution is -2.41. The Balaban J connectivity index is 1.97. The molecule has 1 unspecified atom stereocenters. The highest BCUT2D eigenvalue weighted by atomic mass is 35.5. The van der Waals surface area contributed by atoms with Gasteiger partial charge in [-0.1, -0.05) is 24.4 Å². The molecule has 1 heterocycles. The van der Waals surface area contributed by atoms with Crippen LogP contribution in [0.25, 0.3) is 0 Å². The molecule has 5 heteroatoms. The van der Waals surface area contributed by atoms with Gasteiger partial charge in [0, 0.05) is 19.2 Å². The number of carbonyl (C=O) groups is 1. The molecule has 2 rings (SSSR count). The van der Waals surface area contributed by atoms with Crippen molar-refractivity contribution < 1.29 is 13.9 Å². The second kappa shape index (κ2) is 6.93. The molecule has 0 aromatic heterocycles. The van der Waals surface area contributed by atoms with Crippen LogP contribution in [0.15, 0.2) is 18.2 Å². The summed E-state index contributed by atoms with van der Waals surface area (Å²) in [5.74, 6) is -0.107. The van der Waals surface area contributed by atoms with Crippen molar-refractivity contribution in [1.29, 1.82) is 0 Å².